The Labute approximate surface area is 107 Å². The van der Waals surface area contributed by atoms with Crippen molar-refractivity contribution in [2.24, 2.45) is 0 Å². The lowest BCUT2D eigenvalue weighted by atomic mass is 9.98. The second-order valence-corrected chi connectivity index (χ2v) is 4.59. The van der Waals surface area contributed by atoms with E-state index in [1.807, 2.05) is 19.9 Å². The van der Waals surface area contributed by atoms with Crippen LogP contribution in [0.1, 0.15) is 23.1 Å². The van der Waals surface area contributed by atoms with Gasteiger partial charge in [-0.2, -0.15) is 0 Å². The first-order chi connectivity index (χ1) is 8.01. The van der Waals surface area contributed by atoms with Crippen LogP contribution in [-0.2, 0) is 6.42 Å². The van der Waals surface area contributed by atoms with Gasteiger partial charge in [0.15, 0.2) is 0 Å². The van der Waals surface area contributed by atoms with Gasteiger partial charge in [-0.05, 0) is 49.4 Å². The third-order valence-electron chi connectivity index (χ3n) is 2.93. The first-order valence-corrected chi connectivity index (χ1v) is 6.00. The Hall–Kier alpha value is -0.770. The molecule has 0 aliphatic rings. The quantitative estimate of drug-likeness (QED) is 0.852. The maximum Gasteiger partial charge on any atom is 0.125 e. The Morgan fingerprint density at radius 3 is 2.59 bits per heavy atom. The highest BCUT2D eigenvalue weighted by molar-refractivity contribution is 6.31. The van der Waals surface area contributed by atoms with Gasteiger partial charge in [0, 0.05) is 5.02 Å². The third-order valence-corrected chi connectivity index (χ3v) is 3.32. The predicted octanol–water partition coefficient (Wildman–Crippen LogP) is 2.25. The van der Waals surface area contributed by atoms with Crippen LogP contribution in [0, 0.1) is 13.8 Å². The van der Waals surface area contributed by atoms with Crippen molar-refractivity contribution in [3.05, 3.63) is 27.8 Å². The second kappa shape index (κ2) is 6.24. The molecule has 0 radical (unpaired) electrons. The molecule has 0 aliphatic carbocycles. The van der Waals surface area contributed by atoms with E-state index >= 15 is 0 Å². The monoisotopic (exact) mass is 258 g/mol. The lowest BCUT2D eigenvalue weighted by Crippen LogP contribution is -2.13. The second-order valence-electron chi connectivity index (χ2n) is 4.19. The van der Waals surface area contributed by atoms with E-state index in [0.717, 1.165) is 22.4 Å². The van der Waals surface area contributed by atoms with Crippen molar-refractivity contribution in [2.45, 2.75) is 32.8 Å². The first kappa shape index (κ1) is 14.3. The lowest BCUT2D eigenvalue weighted by molar-refractivity contribution is 0.0884. The first-order valence-electron chi connectivity index (χ1n) is 5.62. The average Bonchev–Trinajstić information content (AvgIpc) is 2.31. The van der Waals surface area contributed by atoms with E-state index in [-0.39, 0.29) is 6.61 Å². The van der Waals surface area contributed by atoms with Gasteiger partial charge in [-0.15, -0.1) is 0 Å². The predicted molar refractivity (Wildman–Crippen MR) is 68.9 cm³/mol. The van der Waals surface area contributed by atoms with E-state index < -0.39 is 6.10 Å². The number of aryl methyl sites for hydroxylation is 1. The number of methoxy groups -OCH3 is 1. The van der Waals surface area contributed by atoms with Crippen LogP contribution in [0.4, 0.5) is 0 Å². The molecule has 1 atom stereocenters. The summed E-state index contributed by atoms with van der Waals surface area (Å²) in [5, 5.41) is 18.9. The molecule has 0 spiro atoms. The van der Waals surface area contributed by atoms with Gasteiger partial charge in [0.05, 0.1) is 19.8 Å². The fourth-order valence-corrected chi connectivity index (χ4v) is 2.18. The molecule has 4 heteroatoms. The van der Waals surface area contributed by atoms with Gasteiger partial charge in [0.1, 0.15) is 5.75 Å². The molecule has 2 N–H and O–H groups in total. The summed E-state index contributed by atoms with van der Waals surface area (Å²) in [5.41, 5.74) is 2.96. The summed E-state index contributed by atoms with van der Waals surface area (Å²) < 4.78 is 5.38. The van der Waals surface area contributed by atoms with E-state index in [1.165, 1.54) is 0 Å². The number of aliphatic hydroxyl groups is 2. The molecule has 1 aromatic carbocycles. The SMILES string of the molecule is COc1c(C)cc(Cl)c(C)c1CCC(O)CO. The van der Waals surface area contributed by atoms with E-state index in [0.29, 0.717) is 17.9 Å². The van der Waals surface area contributed by atoms with Crippen LogP contribution in [0.2, 0.25) is 5.02 Å². The number of hydrogen-bond acceptors (Lipinski definition) is 3. The average molecular weight is 259 g/mol. The Balaban J connectivity index is 3.03. The van der Waals surface area contributed by atoms with Crippen LogP contribution in [-0.4, -0.2) is 30.0 Å². The smallest absolute Gasteiger partial charge is 0.125 e. The number of aliphatic hydroxyl groups excluding tert-OH is 2. The van der Waals surface area contributed by atoms with Crippen LogP contribution in [0.3, 0.4) is 0 Å². The van der Waals surface area contributed by atoms with Crippen LogP contribution in [0.5, 0.6) is 5.75 Å². The molecule has 0 saturated carbocycles. The molecule has 0 aromatic heterocycles. The van der Waals surface area contributed by atoms with Gasteiger partial charge in [0.25, 0.3) is 0 Å². The summed E-state index contributed by atoms with van der Waals surface area (Å²) in [7, 11) is 1.63. The van der Waals surface area contributed by atoms with E-state index in [1.54, 1.807) is 7.11 Å². The van der Waals surface area contributed by atoms with Crippen molar-refractivity contribution in [3.63, 3.8) is 0 Å². The maximum atomic E-state index is 9.39. The molecule has 0 saturated heterocycles. The zero-order valence-electron chi connectivity index (χ0n) is 10.5. The highest BCUT2D eigenvalue weighted by Gasteiger charge is 2.14. The highest BCUT2D eigenvalue weighted by Crippen LogP contribution is 2.33. The van der Waals surface area contributed by atoms with Gasteiger partial charge >= 0.3 is 0 Å². The summed E-state index contributed by atoms with van der Waals surface area (Å²) >= 11 is 6.13. The highest BCUT2D eigenvalue weighted by atomic mass is 35.5. The van der Waals surface area contributed by atoms with Gasteiger partial charge in [0.2, 0.25) is 0 Å². The van der Waals surface area contributed by atoms with Crippen LogP contribution >= 0.6 is 11.6 Å². The summed E-state index contributed by atoms with van der Waals surface area (Å²) in [5.74, 6) is 0.817. The Kier molecular flexibility index (Phi) is 5.25. The molecule has 3 nitrogen and oxygen atoms in total. The number of hydrogen-bond donors (Lipinski definition) is 2. The minimum Gasteiger partial charge on any atom is -0.496 e. The number of rotatable bonds is 5. The van der Waals surface area contributed by atoms with Crippen LogP contribution in [0.25, 0.3) is 0 Å². The summed E-state index contributed by atoms with van der Waals surface area (Å²) in [6, 6.07) is 1.88. The zero-order chi connectivity index (χ0) is 13.0. The molecule has 0 bridgehead atoms. The molecule has 0 heterocycles. The fraction of sp³-hybridized carbons (Fsp3) is 0.538. The minimum absolute atomic E-state index is 0.221. The van der Waals surface area contributed by atoms with Crippen molar-refractivity contribution in [1.82, 2.24) is 0 Å². The summed E-state index contributed by atoms with van der Waals surface area (Å²) in [6.45, 7) is 3.65. The van der Waals surface area contributed by atoms with Gasteiger partial charge < -0.3 is 14.9 Å². The normalized spacial score (nSPS) is 12.6. The topological polar surface area (TPSA) is 49.7 Å². The number of halogens is 1. The molecule has 96 valence electrons. The Bertz CT molecular complexity index is 391. The molecular formula is C13H19ClO3. The third kappa shape index (κ3) is 3.35. The van der Waals surface area contributed by atoms with Gasteiger partial charge in [-0.1, -0.05) is 11.6 Å². The summed E-state index contributed by atoms with van der Waals surface area (Å²) in [4.78, 5) is 0. The molecule has 17 heavy (non-hydrogen) atoms. The van der Waals surface area contributed by atoms with Gasteiger partial charge in [-0.3, -0.25) is 0 Å². The van der Waals surface area contributed by atoms with Crippen molar-refractivity contribution in [2.75, 3.05) is 13.7 Å². The van der Waals surface area contributed by atoms with E-state index in [4.69, 9.17) is 21.4 Å². The molecule has 0 aliphatic heterocycles. The van der Waals surface area contributed by atoms with Crippen molar-refractivity contribution >= 4 is 11.6 Å². The van der Waals surface area contributed by atoms with E-state index in [2.05, 4.69) is 0 Å². The number of ether oxygens (including phenoxy) is 1. The lowest BCUT2D eigenvalue weighted by Gasteiger charge is -2.16. The fourth-order valence-electron chi connectivity index (χ4n) is 1.90. The molecule has 0 fully saturated rings. The van der Waals surface area contributed by atoms with Crippen LogP contribution in [0.15, 0.2) is 6.07 Å². The molecule has 1 unspecified atom stereocenters. The molecular weight excluding hydrogens is 240 g/mol. The zero-order valence-corrected chi connectivity index (χ0v) is 11.2. The Morgan fingerprint density at radius 2 is 2.06 bits per heavy atom. The van der Waals surface area contributed by atoms with Crippen molar-refractivity contribution in [1.29, 1.82) is 0 Å². The molecule has 0 amide bonds. The molecule has 1 rings (SSSR count). The van der Waals surface area contributed by atoms with Crippen molar-refractivity contribution < 1.29 is 14.9 Å². The van der Waals surface area contributed by atoms with Crippen LogP contribution < -0.4 is 4.74 Å². The largest absolute Gasteiger partial charge is 0.496 e. The number of benzene rings is 1. The summed E-state index contributed by atoms with van der Waals surface area (Å²) in [6.07, 6.45) is 0.435. The van der Waals surface area contributed by atoms with Gasteiger partial charge in [-0.25, -0.2) is 0 Å². The van der Waals surface area contributed by atoms with Crippen molar-refractivity contribution in [3.8, 4) is 5.75 Å². The molecule has 1 aromatic rings. The van der Waals surface area contributed by atoms with E-state index in [9.17, 15) is 5.11 Å². The standard InChI is InChI=1S/C13H19ClO3/c1-8-6-12(14)9(2)11(13(8)17-3)5-4-10(16)7-15/h6,10,15-16H,4-5,7H2,1-3H3. The minimum atomic E-state index is -0.696. The maximum absolute atomic E-state index is 9.39. The Morgan fingerprint density at radius 1 is 1.41 bits per heavy atom.